The van der Waals surface area contributed by atoms with Gasteiger partial charge in [0.25, 0.3) is 5.91 Å². The van der Waals surface area contributed by atoms with Crippen LogP contribution < -0.4 is 10.2 Å². The van der Waals surface area contributed by atoms with E-state index in [-0.39, 0.29) is 30.9 Å². The van der Waals surface area contributed by atoms with Crippen LogP contribution in [0.1, 0.15) is 31.9 Å². The van der Waals surface area contributed by atoms with Crippen LogP contribution in [0.25, 0.3) is 0 Å². The minimum atomic E-state index is -1.26. The Morgan fingerprint density at radius 3 is 2.24 bits per heavy atom. The topological polar surface area (TPSA) is 82.2 Å². The molecule has 2 heterocycles. The summed E-state index contributed by atoms with van der Waals surface area (Å²) in [6, 6.07) is 22.2. The molecule has 1 atom stereocenters. The minimum Gasteiger partial charge on any atom is -0.444 e. The monoisotopic (exact) mass is 608 g/mol. The average molecular weight is 610 g/mol. The van der Waals surface area contributed by atoms with Crippen LogP contribution in [0.5, 0.6) is 0 Å². The van der Waals surface area contributed by atoms with Crippen LogP contribution in [0.2, 0.25) is 10.0 Å². The molecule has 5 rings (SSSR count). The van der Waals surface area contributed by atoms with Crippen LogP contribution in [0.3, 0.4) is 0 Å². The number of halogens is 2. The molecule has 8 nitrogen and oxygen atoms in total. The van der Waals surface area contributed by atoms with Gasteiger partial charge in [-0.15, -0.1) is 0 Å². The fourth-order valence-corrected chi connectivity index (χ4v) is 5.95. The van der Waals surface area contributed by atoms with Gasteiger partial charge < -0.3 is 24.8 Å². The van der Waals surface area contributed by atoms with Crippen LogP contribution >= 0.6 is 23.2 Å². The zero-order valence-corrected chi connectivity index (χ0v) is 25.4. The molecule has 1 N–H and O–H groups in total. The Kier molecular flexibility index (Phi) is 8.39. The van der Waals surface area contributed by atoms with Crippen molar-refractivity contribution in [3.8, 4) is 0 Å². The number of anilines is 2. The first-order chi connectivity index (χ1) is 20.0. The van der Waals surface area contributed by atoms with Crippen molar-refractivity contribution in [3.63, 3.8) is 0 Å². The number of nitrogens with zero attached hydrogens (tertiary/aromatic N) is 3. The lowest BCUT2D eigenvalue weighted by atomic mass is 9.82. The fraction of sp³-hybridized carbons (Fsp3) is 0.344. The lowest BCUT2D eigenvalue weighted by Gasteiger charge is -2.43. The van der Waals surface area contributed by atoms with Gasteiger partial charge in [0.15, 0.2) is 5.54 Å². The van der Waals surface area contributed by atoms with Gasteiger partial charge in [-0.25, -0.2) is 4.79 Å². The first-order valence-corrected chi connectivity index (χ1v) is 14.7. The number of fused-ring (bicyclic) bond motifs is 1. The summed E-state index contributed by atoms with van der Waals surface area (Å²) in [6.45, 7) is 6.87. The Hall–Kier alpha value is -3.75. The molecule has 0 spiro atoms. The first kappa shape index (κ1) is 29.7. The molecule has 1 fully saturated rings. The van der Waals surface area contributed by atoms with E-state index in [0.29, 0.717) is 41.9 Å². The Bertz CT molecular complexity index is 1490. The van der Waals surface area contributed by atoms with Gasteiger partial charge in [0.2, 0.25) is 5.91 Å². The van der Waals surface area contributed by atoms with Crippen molar-refractivity contribution >= 4 is 52.5 Å². The van der Waals surface area contributed by atoms with Gasteiger partial charge in [-0.3, -0.25) is 9.59 Å². The standard InChI is InChI=1S/C32H34Cl2N4O4/c1-31(2,3)42-30(41)37-16-14-36(15-17-37)28(39)21-38(25-10-5-4-6-11-25)32(20-22-8-7-9-23(33)18-22)26-13-12-24(34)19-27(26)35-29(32)40/h4-13,18-19H,14-17,20-21H2,1-3H3,(H,35,40). The molecule has 10 heteroatoms. The van der Waals surface area contributed by atoms with Crippen molar-refractivity contribution in [3.05, 3.63) is 94.0 Å². The number of piperazine rings is 1. The van der Waals surface area contributed by atoms with Crippen LogP contribution in [-0.4, -0.2) is 66.0 Å². The second-order valence-electron chi connectivity index (χ2n) is 11.6. The summed E-state index contributed by atoms with van der Waals surface area (Å²) in [5.41, 5.74) is 1.04. The Morgan fingerprint density at radius 2 is 1.57 bits per heavy atom. The smallest absolute Gasteiger partial charge is 0.410 e. The quantitative estimate of drug-likeness (QED) is 0.373. The summed E-state index contributed by atoms with van der Waals surface area (Å²) < 4.78 is 5.51. The van der Waals surface area contributed by atoms with E-state index in [4.69, 9.17) is 27.9 Å². The molecule has 2 aliphatic heterocycles. The molecule has 0 aliphatic carbocycles. The molecule has 0 saturated carbocycles. The highest BCUT2D eigenvalue weighted by Crippen LogP contribution is 2.46. The number of hydrogen-bond acceptors (Lipinski definition) is 5. The average Bonchev–Trinajstić information content (AvgIpc) is 3.21. The van der Waals surface area contributed by atoms with Crippen molar-refractivity contribution in [2.24, 2.45) is 0 Å². The third-order valence-electron chi connectivity index (χ3n) is 7.51. The number of para-hydroxylation sites is 1. The van der Waals surface area contributed by atoms with Crippen LogP contribution in [0.15, 0.2) is 72.8 Å². The van der Waals surface area contributed by atoms with E-state index in [9.17, 15) is 14.4 Å². The molecular weight excluding hydrogens is 575 g/mol. The highest BCUT2D eigenvalue weighted by molar-refractivity contribution is 6.31. The summed E-state index contributed by atoms with van der Waals surface area (Å²) >= 11 is 12.7. The van der Waals surface area contributed by atoms with E-state index in [0.717, 1.165) is 16.8 Å². The summed E-state index contributed by atoms with van der Waals surface area (Å²) in [7, 11) is 0. The maximum Gasteiger partial charge on any atom is 0.410 e. The highest BCUT2D eigenvalue weighted by Gasteiger charge is 2.52. The summed E-state index contributed by atoms with van der Waals surface area (Å²) in [6.07, 6.45) is -0.123. The molecule has 3 aromatic carbocycles. The van der Waals surface area contributed by atoms with Gasteiger partial charge in [0, 0.05) is 59.6 Å². The maximum atomic E-state index is 14.1. The Morgan fingerprint density at radius 1 is 0.905 bits per heavy atom. The second kappa shape index (κ2) is 11.9. The molecule has 2 aliphatic rings. The molecule has 0 aromatic heterocycles. The van der Waals surface area contributed by atoms with Crippen molar-refractivity contribution in [1.82, 2.24) is 9.80 Å². The SMILES string of the molecule is CC(C)(C)OC(=O)N1CCN(C(=O)CN(c2ccccc2)C2(Cc3cccc(Cl)c3)C(=O)Nc3cc(Cl)ccc32)CC1. The van der Waals surface area contributed by atoms with Crippen LogP contribution in [-0.2, 0) is 26.3 Å². The summed E-state index contributed by atoms with van der Waals surface area (Å²) in [5.74, 6) is -0.408. The van der Waals surface area contributed by atoms with E-state index < -0.39 is 11.1 Å². The number of rotatable bonds is 6. The molecule has 3 amide bonds. The number of benzene rings is 3. The normalized spacial score (nSPS) is 18.4. The largest absolute Gasteiger partial charge is 0.444 e. The van der Waals surface area contributed by atoms with E-state index in [1.54, 1.807) is 28.0 Å². The number of amides is 3. The molecule has 1 saturated heterocycles. The lowest BCUT2D eigenvalue weighted by Crippen LogP contribution is -2.58. The van der Waals surface area contributed by atoms with Crippen LogP contribution in [0, 0.1) is 0 Å². The van der Waals surface area contributed by atoms with E-state index >= 15 is 0 Å². The van der Waals surface area contributed by atoms with Crippen LogP contribution in [0.4, 0.5) is 16.2 Å². The van der Waals surface area contributed by atoms with Gasteiger partial charge in [-0.05, 0) is 62.7 Å². The number of nitrogens with one attached hydrogen (secondary N) is 1. The van der Waals surface area contributed by atoms with Crippen molar-refractivity contribution in [2.75, 3.05) is 42.9 Å². The van der Waals surface area contributed by atoms with E-state index in [1.807, 2.05) is 80.3 Å². The lowest BCUT2D eigenvalue weighted by molar-refractivity contribution is -0.132. The molecule has 42 heavy (non-hydrogen) atoms. The fourth-order valence-electron chi connectivity index (χ4n) is 5.56. The van der Waals surface area contributed by atoms with Gasteiger partial charge in [0.1, 0.15) is 5.60 Å². The zero-order chi connectivity index (χ0) is 30.1. The predicted octanol–water partition coefficient (Wildman–Crippen LogP) is 5.97. The number of carbonyl (C=O) groups is 3. The third kappa shape index (κ3) is 6.20. The van der Waals surface area contributed by atoms with E-state index in [1.165, 1.54) is 0 Å². The first-order valence-electron chi connectivity index (χ1n) is 13.9. The molecule has 3 aromatic rings. The Balaban J connectivity index is 1.49. The minimum absolute atomic E-state index is 0.0630. The number of carbonyl (C=O) groups excluding carboxylic acids is 3. The van der Waals surface area contributed by atoms with Gasteiger partial charge in [0.05, 0.1) is 6.54 Å². The number of hydrogen-bond donors (Lipinski definition) is 1. The summed E-state index contributed by atoms with van der Waals surface area (Å²) in [4.78, 5) is 45.9. The van der Waals surface area contributed by atoms with Gasteiger partial charge in [-0.2, -0.15) is 0 Å². The molecule has 0 radical (unpaired) electrons. The van der Waals surface area contributed by atoms with Gasteiger partial charge in [-0.1, -0.05) is 59.6 Å². The second-order valence-corrected chi connectivity index (χ2v) is 12.5. The maximum absolute atomic E-state index is 14.1. The van der Waals surface area contributed by atoms with Crippen molar-refractivity contribution in [2.45, 2.75) is 38.3 Å². The van der Waals surface area contributed by atoms with E-state index in [2.05, 4.69) is 5.32 Å². The Labute approximate surface area is 256 Å². The number of ether oxygens (including phenoxy) is 1. The molecule has 0 bridgehead atoms. The third-order valence-corrected chi connectivity index (χ3v) is 7.98. The molecule has 220 valence electrons. The predicted molar refractivity (Wildman–Crippen MR) is 165 cm³/mol. The summed E-state index contributed by atoms with van der Waals surface area (Å²) in [5, 5.41) is 4.08. The van der Waals surface area contributed by atoms with Gasteiger partial charge >= 0.3 is 6.09 Å². The zero-order valence-electron chi connectivity index (χ0n) is 23.9. The molecular formula is C32H34Cl2N4O4. The highest BCUT2D eigenvalue weighted by atomic mass is 35.5. The van der Waals surface area contributed by atoms with Crippen molar-refractivity contribution < 1.29 is 19.1 Å². The molecule has 1 unspecified atom stereocenters. The van der Waals surface area contributed by atoms with Crippen molar-refractivity contribution in [1.29, 1.82) is 0 Å².